The molecule has 2 nitrogen and oxygen atoms in total. The Kier molecular flexibility index (Phi) is 3.17. The van der Waals surface area contributed by atoms with Gasteiger partial charge in [-0.25, -0.2) is 0 Å². The standard InChI is InChI=1S/C18H27NO/c1-3-19-10-16-9-17(20-11(16)2)18-14-5-12-4-13(7-14)8-15(18)6-12/h9,12-15,18-19H,3-8,10H2,1-2H3. The molecule has 0 aromatic carbocycles. The van der Waals surface area contributed by atoms with Crippen molar-refractivity contribution in [2.24, 2.45) is 23.7 Å². The van der Waals surface area contributed by atoms with Crippen molar-refractivity contribution in [3.63, 3.8) is 0 Å². The molecule has 110 valence electrons. The maximum atomic E-state index is 6.20. The van der Waals surface area contributed by atoms with Crippen LogP contribution < -0.4 is 5.32 Å². The molecule has 1 N–H and O–H groups in total. The van der Waals surface area contributed by atoms with Crippen molar-refractivity contribution >= 4 is 0 Å². The van der Waals surface area contributed by atoms with E-state index in [9.17, 15) is 0 Å². The molecule has 0 unspecified atom stereocenters. The third-order valence-electron chi connectivity index (χ3n) is 6.16. The van der Waals surface area contributed by atoms with Crippen LogP contribution in [0.15, 0.2) is 10.5 Å². The average Bonchev–Trinajstić information content (AvgIpc) is 2.76. The van der Waals surface area contributed by atoms with Crippen LogP contribution in [-0.4, -0.2) is 6.54 Å². The monoisotopic (exact) mass is 273 g/mol. The van der Waals surface area contributed by atoms with E-state index in [2.05, 4.69) is 25.2 Å². The molecule has 1 heterocycles. The summed E-state index contributed by atoms with van der Waals surface area (Å²) in [5.41, 5.74) is 1.37. The first-order valence-corrected chi connectivity index (χ1v) is 8.54. The van der Waals surface area contributed by atoms with Crippen LogP contribution in [0.5, 0.6) is 0 Å². The van der Waals surface area contributed by atoms with Crippen molar-refractivity contribution in [1.29, 1.82) is 0 Å². The SMILES string of the molecule is CCNCc1cc(C2C3CC4CC(C3)CC2C4)oc1C. The first-order valence-electron chi connectivity index (χ1n) is 8.54. The first-order chi connectivity index (χ1) is 9.74. The van der Waals surface area contributed by atoms with Gasteiger partial charge in [0.25, 0.3) is 0 Å². The molecule has 1 aromatic rings. The summed E-state index contributed by atoms with van der Waals surface area (Å²) >= 11 is 0. The number of nitrogens with one attached hydrogen (secondary N) is 1. The lowest BCUT2D eigenvalue weighted by molar-refractivity contribution is -0.00982. The normalized spacial score (nSPS) is 38.6. The van der Waals surface area contributed by atoms with Gasteiger partial charge in [-0.05, 0) is 75.3 Å². The zero-order chi connectivity index (χ0) is 13.7. The maximum absolute atomic E-state index is 6.20. The summed E-state index contributed by atoms with van der Waals surface area (Å²) in [5, 5.41) is 3.43. The molecule has 0 aliphatic heterocycles. The molecule has 4 saturated carbocycles. The molecule has 4 bridgehead atoms. The first kappa shape index (κ1) is 12.9. The Balaban J connectivity index is 1.58. The van der Waals surface area contributed by atoms with Gasteiger partial charge in [-0.2, -0.15) is 0 Å². The van der Waals surface area contributed by atoms with Crippen LogP contribution in [-0.2, 0) is 6.54 Å². The van der Waals surface area contributed by atoms with Crippen LogP contribution in [0.1, 0.15) is 62.0 Å². The number of furan rings is 1. The Labute approximate surface area is 122 Å². The summed E-state index contributed by atoms with van der Waals surface area (Å²) in [6.07, 6.45) is 7.42. The highest BCUT2D eigenvalue weighted by Gasteiger charge is 2.49. The fourth-order valence-electron chi connectivity index (χ4n) is 5.53. The molecule has 4 fully saturated rings. The number of aryl methyl sites for hydroxylation is 1. The van der Waals surface area contributed by atoms with Gasteiger partial charge in [-0.15, -0.1) is 0 Å². The third-order valence-corrected chi connectivity index (χ3v) is 6.16. The van der Waals surface area contributed by atoms with E-state index in [0.717, 1.165) is 48.4 Å². The van der Waals surface area contributed by atoms with Gasteiger partial charge in [0.2, 0.25) is 0 Å². The van der Waals surface area contributed by atoms with E-state index in [1.165, 1.54) is 43.4 Å². The molecule has 0 amide bonds. The van der Waals surface area contributed by atoms with Crippen LogP contribution in [0.3, 0.4) is 0 Å². The highest BCUT2D eigenvalue weighted by Crippen LogP contribution is 2.60. The van der Waals surface area contributed by atoms with Gasteiger partial charge in [0.05, 0.1) is 0 Å². The van der Waals surface area contributed by atoms with E-state index >= 15 is 0 Å². The Morgan fingerprint density at radius 2 is 1.75 bits per heavy atom. The fourth-order valence-corrected chi connectivity index (χ4v) is 5.53. The molecule has 20 heavy (non-hydrogen) atoms. The predicted octanol–water partition coefficient (Wildman–Crippen LogP) is 4.24. The van der Waals surface area contributed by atoms with Crippen LogP contribution in [0.4, 0.5) is 0 Å². The summed E-state index contributed by atoms with van der Waals surface area (Å²) in [4.78, 5) is 0. The van der Waals surface area contributed by atoms with Crippen molar-refractivity contribution in [3.05, 3.63) is 23.2 Å². The molecule has 0 spiro atoms. The second-order valence-corrected chi connectivity index (χ2v) is 7.47. The van der Waals surface area contributed by atoms with Crippen molar-refractivity contribution in [2.75, 3.05) is 6.54 Å². The zero-order valence-electron chi connectivity index (χ0n) is 12.8. The number of hydrogen-bond donors (Lipinski definition) is 1. The zero-order valence-corrected chi connectivity index (χ0v) is 12.8. The van der Waals surface area contributed by atoms with Gasteiger partial charge in [0.15, 0.2) is 0 Å². The van der Waals surface area contributed by atoms with Crippen LogP contribution in [0, 0.1) is 30.6 Å². The van der Waals surface area contributed by atoms with Gasteiger partial charge in [-0.3, -0.25) is 0 Å². The second kappa shape index (κ2) is 4.91. The molecule has 0 saturated heterocycles. The van der Waals surface area contributed by atoms with Crippen molar-refractivity contribution in [3.8, 4) is 0 Å². The van der Waals surface area contributed by atoms with E-state index < -0.39 is 0 Å². The summed E-state index contributed by atoms with van der Waals surface area (Å²) in [5.74, 6) is 7.11. The maximum Gasteiger partial charge on any atom is 0.108 e. The highest BCUT2D eigenvalue weighted by molar-refractivity contribution is 5.25. The van der Waals surface area contributed by atoms with Crippen LogP contribution in [0.2, 0.25) is 0 Å². The summed E-state index contributed by atoms with van der Waals surface area (Å²) in [7, 11) is 0. The third kappa shape index (κ3) is 2.04. The van der Waals surface area contributed by atoms with Gasteiger partial charge in [-0.1, -0.05) is 6.92 Å². The lowest BCUT2D eigenvalue weighted by Gasteiger charge is -2.53. The van der Waals surface area contributed by atoms with Gasteiger partial charge in [0.1, 0.15) is 11.5 Å². The Bertz CT molecular complexity index is 462. The van der Waals surface area contributed by atoms with Crippen molar-refractivity contribution < 1.29 is 4.42 Å². The largest absolute Gasteiger partial charge is 0.466 e. The molecule has 4 aliphatic rings. The van der Waals surface area contributed by atoms with E-state index in [1.54, 1.807) is 0 Å². The molecule has 2 heteroatoms. The highest BCUT2D eigenvalue weighted by atomic mass is 16.3. The minimum absolute atomic E-state index is 0.733. The molecular formula is C18H27NO. The van der Waals surface area contributed by atoms with Gasteiger partial charge < -0.3 is 9.73 Å². The molecule has 1 aromatic heterocycles. The van der Waals surface area contributed by atoms with E-state index in [1.807, 2.05) is 0 Å². The lowest BCUT2D eigenvalue weighted by atomic mass is 9.51. The molecular weight excluding hydrogens is 246 g/mol. The summed E-state index contributed by atoms with van der Waals surface area (Å²) < 4.78 is 6.20. The molecule has 0 atom stereocenters. The average molecular weight is 273 g/mol. The van der Waals surface area contributed by atoms with Crippen LogP contribution >= 0.6 is 0 Å². The van der Waals surface area contributed by atoms with Crippen molar-refractivity contribution in [1.82, 2.24) is 5.32 Å². The van der Waals surface area contributed by atoms with E-state index in [4.69, 9.17) is 4.42 Å². The molecule has 0 radical (unpaired) electrons. The predicted molar refractivity (Wildman–Crippen MR) is 80.6 cm³/mol. The minimum Gasteiger partial charge on any atom is -0.466 e. The number of hydrogen-bond acceptors (Lipinski definition) is 2. The Morgan fingerprint density at radius 1 is 1.10 bits per heavy atom. The van der Waals surface area contributed by atoms with E-state index in [-0.39, 0.29) is 0 Å². The van der Waals surface area contributed by atoms with E-state index in [0.29, 0.717) is 0 Å². The van der Waals surface area contributed by atoms with Crippen LogP contribution in [0.25, 0.3) is 0 Å². The fraction of sp³-hybridized carbons (Fsp3) is 0.778. The summed E-state index contributed by atoms with van der Waals surface area (Å²) in [6.45, 7) is 6.28. The Hall–Kier alpha value is -0.760. The molecule has 5 rings (SSSR count). The topological polar surface area (TPSA) is 25.2 Å². The second-order valence-electron chi connectivity index (χ2n) is 7.47. The smallest absolute Gasteiger partial charge is 0.108 e. The number of rotatable bonds is 4. The van der Waals surface area contributed by atoms with Gasteiger partial charge in [0, 0.05) is 18.0 Å². The summed E-state index contributed by atoms with van der Waals surface area (Å²) in [6, 6.07) is 2.37. The minimum atomic E-state index is 0.733. The Morgan fingerprint density at radius 3 is 2.35 bits per heavy atom. The van der Waals surface area contributed by atoms with Gasteiger partial charge >= 0.3 is 0 Å². The van der Waals surface area contributed by atoms with Crippen molar-refractivity contribution in [2.45, 2.75) is 58.4 Å². The lowest BCUT2D eigenvalue weighted by Crippen LogP contribution is -2.43. The quantitative estimate of drug-likeness (QED) is 0.887. The molecule has 4 aliphatic carbocycles.